The van der Waals surface area contributed by atoms with E-state index in [1.165, 1.54) is 0 Å². The van der Waals surface area contributed by atoms with Crippen molar-refractivity contribution in [3.05, 3.63) is 28.5 Å². The summed E-state index contributed by atoms with van der Waals surface area (Å²) in [6.45, 7) is 4.57. The molecule has 1 atom stereocenters. The Balaban J connectivity index is 2.14. The van der Waals surface area contributed by atoms with Crippen LogP contribution >= 0.6 is 15.9 Å². The maximum Gasteiger partial charge on any atom is 0.273 e. The summed E-state index contributed by atoms with van der Waals surface area (Å²) in [7, 11) is 2.09. The molecule has 0 bridgehead atoms. The van der Waals surface area contributed by atoms with Crippen molar-refractivity contribution < 1.29 is 4.79 Å². The molecule has 1 saturated heterocycles. The summed E-state index contributed by atoms with van der Waals surface area (Å²) < 4.78 is 0.761. The fraction of sp³-hybridized carbons (Fsp3) is 0.500. The third-order valence-electron chi connectivity index (χ3n) is 3.21. The SMILES string of the molecule is CC1CN(C(=O)c2ncccc2Br)CCN1C. The smallest absolute Gasteiger partial charge is 0.273 e. The number of hydrogen-bond acceptors (Lipinski definition) is 3. The lowest BCUT2D eigenvalue weighted by Crippen LogP contribution is -2.52. The molecular formula is C12H16BrN3O. The first-order valence-corrected chi connectivity index (χ1v) is 6.49. The van der Waals surface area contributed by atoms with Crippen molar-refractivity contribution in [3.63, 3.8) is 0 Å². The van der Waals surface area contributed by atoms with E-state index in [0.29, 0.717) is 11.7 Å². The van der Waals surface area contributed by atoms with Gasteiger partial charge in [-0.25, -0.2) is 4.98 Å². The number of pyridine rings is 1. The van der Waals surface area contributed by atoms with Crippen molar-refractivity contribution >= 4 is 21.8 Å². The average molecular weight is 298 g/mol. The zero-order chi connectivity index (χ0) is 12.4. The largest absolute Gasteiger partial charge is 0.334 e. The lowest BCUT2D eigenvalue weighted by molar-refractivity contribution is 0.0566. The lowest BCUT2D eigenvalue weighted by atomic mass is 10.2. The zero-order valence-corrected chi connectivity index (χ0v) is 11.6. The molecule has 0 aliphatic carbocycles. The Hall–Kier alpha value is -0.940. The first-order chi connectivity index (χ1) is 8.09. The highest BCUT2D eigenvalue weighted by Gasteiger charge is 2.26. The maximum atomic E-state index is 12.3. The van der Waals surface area contributed by atoms with Crippen molar-refractivity contribution in [1.82, 2.24) is 14.8 Å². The molecule has 0 N–H and O–H groups in total. The van der Waals surface area contributed by atoms with Crippen LogP contribution in [-0.4, -0.2) is 53.4 Å². The highest BCUT2D eigenvalue weighted by Crippen LogP contribution is 2.17. The number of piperazine rings is 1. The predicted molar refractivity (Wildman–Crippen MR) is 69.9 cm³/mol. The Morgan fingerprint density at radius 1 is 1.53 bits per heavy atom. The van der Waals surface area contributed by atoms with Gasteiger partial charge in [-0.05, 0) is 42.0 Å². The molecule has 92 valence electrons. The minimum Gasteiger partial charge on any atom is -0.334 e. The number of hydrogen-bond donors (Lipinski definition) is 0. The molecule has 5 heteroatoms. The van der Waals surface area contributed by atoms with Crippen molar-refractivity contribution in [2.45, 2.75) is 13.0 Å². The minimum atomic E-state index is 0.0115. The predicted octanol–water partition coefficient (Wildman–Crippen LogP) is 1.62. The van der Waals surface area contributed by atoms with Gasteiger partial charge < -0.3 is 9.80 Å². The number of nitrogens with zero attached hydrogens (tertiary/aromatic N) is 3. The molecule has 17 heavy (non-hydrogen) atoms. The molecule has 2 rings (SSSR count). The van der Waals surface area contributed by atoms with Gasteiger partial charge in [0.2, 0.25) is 0 Å². The molecule has 2 heterocycles. The fourth-order valence-electron chi connectivity index (χ4n) is 1.93. The highest BCUT2D eigenvalue weighted by atomic mass is 79.9. The van der Waals surface area contributed by atoms with Gasteiger partial charge in [-0.1, -0.05) is 0 Å². The van der Waals surface area contributed by atoms with Crippen LogP contribution in [0.15, 0.2) is 22.8 Å². The Morgan fingerprint density at radius 2 is 2.29 bits per heavy atom. The van der Waals surface area contributed by atoms with Gasteiger partial charge in [0.25, 0.3) is 5.91 Å². The minimum absolute atomic E-state index is 0.0115. The second-order valence-electron chi connectivity index (χ2n) is 4.41. The number of aromatic nitrogens is 1. The summed E-state index contributed by atoms with van der Waals surface area (Å²) in [6.07, 6.45) is 1.65. The average Bonchev–Trinajstić information content (AvgIpc) is 2.32. The monoisotopic (exact) mass is 297 g/mol. The molecule has 1 fully saturated rings. The molecule has 1 aliphatic rings. The topological polar surface area (TPSA) is 36.4 Å². The van der Waals surface area contributed by atoms with Crippen LogP contribution in [0.5, 0.6) is 0 Å². The molecule has 4 nitrogen and oxygen atoms in total. The Kier molecular flexibility index (Phi) is 3.79. The Morgan fingerprint density at radius 3 is 2.94 bits per heavy atom. The van der Waals surface area contributed by atoms with Crippen LogP contribution in [0, 0.1) is 0 Å². The van der Waals surface area contributed by atoms with Crippen molar-refractivity contribution in [2.75, 3.05) is 26.7 Å². The van der Waals surface area contributed by atoms with Crippen molar-refractivity contribution in [1.29, 1.82) is 0 Å². The zero-order valence-electron chi connectivity index (χ0n) is 10.1. The van der Waals surface area contributed by atoms with E-state index >= 15 is 0 Å². The van der Waals surface area contributed by atoms with E-state index in [1.807, 2.05) is 17.0 Å². The molecule has 0 saturated carbocycles. The number of likely N-dealkylation sites (N-methyl/N-ethyl adjacent to an activating group) is 1. The summed E-state index contributed by atoms with van der Waals surface area (Å²) in [5.41, 5.74) is 0.504. The van der Waals surface area contributed by atoms with Crippen LogP contribution < -0.4 is 0 Å². The standard InChI is InChI=1S/C12H16BrN3O/c1-9-8-16(7-6-15(9)2)12(17)11-10(13)4-3-5-14-11/h3-5,9H,6-8H2,1-2H3. The van der Waals surface area contributed by atoms with Gasteiger partial charge >= 0.3 is 0 Å². The first-order valence-electron chi connectivity index (χ1n) is 5.69. The lowest BCUT2D eigenvalue weighted by Gasteiger charge is -2.37. The number of carbonyl (C=O) groups excluding carboxylic acids is 1. The van der Waals surface area contributed by atoms with E-state index in [1.54, 1.807) is 6.20 Å². The molecule has 1 aromatic rings. The van der Waals surface area contributed by atoms with Crippen molar-refractivity contribution in [3.8, 4) is 0 Å². The second-order valence-corrected chi connectivity index (χ2v) is 5.27. The van der Waals surface area contributed by atoms with E-state index in [-0.39, 0.29) is 5.91 Å². The van der Waals surface area contributed by atoms with E-state index in [9.17, 15) is 4.79 Å². The third kappa shape index (κ3) is 2.66. The van der Waals surface area contributed by atoms with Crippen LogP contribution in [-0.2, 0) is 0 Å². The van der Waals surface area contributed by atoms with Crippen molar-refractivity contribution in [2.24, 2.45) is 0 Å². The van der Waals surface area contributed by atoms with Crippen LogP contribution in [0.1, 0.15) is 17.4 Å². The molecule has 1 aromatic heterocycles. The van der Waals surface area contributed by atoms with Gasteiger partial charge in [-0.3, -0.25) is 4.79 Å². The van der Waals surface area contributed by atoms with E-state index < -0.39 is 0 Å². The molecule has 1 aliphatic heterocycles. The van der Waals surface area contributed by atoms with E-state index in [4.69, 9.17) is 0 Å². The van der Waals surface area contributed by atoms with Gasteiger partial charge in [-0.2, -0.15) is 0 Å². The third-order valence-corrected chi connectivity index (χ3v) is 3.85. The number of carbonyl (C=O) groups is 1. The van der Waals surface area contributed by atoms with Crippen LogP contribution in [0.4, 0.5) is 0 Å². The summed E-state index contributed by atoms with van der Waals surface area (Å²) in [6, 6.07) is 4.06. The normalized spacial score (nSPS) is 21.6. The maximum absolute atomic E-state index is 12.3. The molecular weight excluding hydrogens is 282 g/mol. The van der Waals surface area contributed by atoms with Gasteiger partial charge in [0.15, 0.2) is 0 Å². The number of amides is 1. The summed E-state index contributed by atoms with van der Waals surface area (Å²) >= 11 is 3.37. The summed E-state index contributed by atoms with van der Waals surface area (Å²) in [4.78, 5) is 20.6. The van der Waals surface area contributed by atoms with Crippen LogP contribution in [0.2, 0.25) is 0 Å². The van der Waals surface area contributed by atoms with Gasteiger partial charge in [0.05, 0.1) is 0 Å². The van der Waals surface area contributed by atoms with E-state index in [0.717, 1.165) is 24.1 Å². The summed E-state index contributed by atoms with van der Waals surface area (Å²) in [5.74, 6) is 0.0115. The molecule has 0 radical (unpaired) electrons. The molecule has 1 unspecified atom stereocenters. The fourth-order valence-corrected chi connectivity index (χ4v) is 2.35. The van der Waals surface area contributed by atoms with E-state index in [2.05, 4.69) is 39.8 Å². The first kappa shape index (κ1) is 12.5. The van der Waals surface area contributed by atoms with Gasteiger partial charge in [0.1, 0.15) is 5.69 Å². The van der Waals surface area contributed by atoms with Gasteiger partial charge in [0, 0.05) is 36.3 Å². The molecule has 0 aromatic carbocycles. The van der Waals surface area contributed by atoms with Crippen LogP contribution in [0.25, 0.3) is 0 Å². The number of rotatable bonds is 1. The molecule has 1 amide bonds. The Bertz CT molecular complexity index is 424. The molecule has 0 spiro atoms. The van der Waals surface area contributed by atoms with Crippen LogP contribution in [0.3, 0.4) is 0 Å². The quantitative estimate of drug-likeness (QED) is 0.790. The second kappa shape index (κ2) is 5.14. The number of halogens is 1. The summed E-state index contributed by atoms with van der Waals surface area (Å²) in [5, 5.41) is 0. The highest BCUT2D eigenvalue weighted by molar-refractivity contribution is 9.10. The van der Waals surface area contributed by atoms with Gasteiger partial charge in [-0.15, -0.1) is 0 Å². The Labute approximate surface area is 110 Å².